The lowest BCUT2D eigenvalue weighted by molar-refractivity contribution is -0.128. The van der Waals surface area contributed by atoms with Crippen LogP contribution >= 0.6 is 0 Å². The van der Waals surface area contributed by atoms with E-state index in [1.165, 1.54) is 29.5 Å². The molecule has 0 spiro atoms. The van der Waals surface area contributed by atoms with E-state index in [2.05, 4.69) is 23.5 Å². The maximum atomic E-state index is 12.7. The van der Waals surface area contributed by atoms with Gasteiger partial charge in [0, 0.05) is 0 Å². The summed E-state index contributed by atoms with van der Waals surface area (Å²) >= 11 is 0. The number of carbonyl (C=O) groups is 1. The van der Waals surface area contributed by atoms with Crippen molar-refractivity contribution in [2.75, 3.05) is 0 Å². The monoisotopic (exact) mass is 337 g/mol. The van der Waals surface area contributed by atoms with Gasteiger partial charge >= 0.3 is 0 Å². The van der Waals surface area contributed by atoms with Crippen LogP contribution in [0.3, 0.4) is 0 Å². The van der Waals surface area contributed by atoms with E-state index < -0.39 is 6.10 Å². The first-order valence-corrected chi connectivity index (χ1v) is 9.23. The standard InChI is InChI=1S/C22H27NO2/c1-4-20(25-21-11-6-5-8-15(21)2)22(24)23-16(3)18-13-12-17-9-7-10-19(17)14-18/h5-6,8,11-14,16,20H,4,7,9-10H2,1-3H3,(H,23,24)/t16-,20-/m1/s1. The summed E-state index contributed by atoms with van der Waals surface area (Å²) in [6.45, 7) is 6.00. The molecule has 1 amide bonds. The maximum Gasteiger partial charge on any atom is 0.261 e. The molecule has 0 unspecified atom stereocenters. The third-order valence-corrected chi connectivity index (χ3v) is 5.01. The Hall–Kier alpha value is -2.29. The first-order chi connectivity index (χ1) is 12.1. The Bertz CT molecular complexity index is 753. The van der Waals surface area contributed by atoms with Gasteiger partial charge < -0.3 is 10.1 Å². The SMILES string of the molecule is CC[C@@H](Oc1ccccc1C)C(=O)N[C@H](C)c1ccc2c(c1)CCC2. The van der Waals surface area contributed by atoms with Crippen LogP contribution in [0, 0.1) is 6.92 Å². The van der Waals surface area contributed by atoms with Gasteiger partial charge in [0.2, 0.25) is 0 Å². The van der Waals surface area contributed by atoms with E-state index in [9.17, 15) is 4.79 Å². The largest absolute Gasteiger partial charge is 0.480 e. The lowest BCUT2D eigenvalue weighted by atomic mass is 10.0. The Labute approximate surface area is 150 Å². The second kappa shape index (κ2) is 7.73. The number of aryl methyl sites for hydroxylation is 3. The van der Waals surface area contributed by atoms with Crippen molar-refractivity contribution >= 4 is 5.91 Å². The molecule has 3 nitrogen and oxygen atoms in total. The van der Waals surface area contributed by atoms with Crippen molar-refractivity contribution in [3.8, 4) is 5.75 Å². The highest BCUT2D eigenvalue weighted by Gasteiger charge is 2.22. The van der Waals surface area contributed by atoms with Crippen LogP contribution in [0.5, 0.6) is 5.75 Å². The van der Waals surface area contributed by atoms with E-state index in [1.807, 2.05) is 45.0 Å². The molecule has 0 heterocycles. The van der Waals surface area contributed by atoms with Gasteiger partial charge in [-0.15, -0.1) is 0 Å². The highest BCUT2D eigenvalue weighted by molar-refractivity contribution is 5.81. The molecule has 25 heavy (non-hydrogen) atoms. The Morgan fingerprint density at radius 1 is 1.16 bits per heavy atom. The van der Waals surface area contributed by atoms with Crippen molar-refractivity contribution in [2.45, 2.75) is 58.6 Å². The Kier molecular flexibility index (Phi) is 5.42. The number of hydrogen-bond acceptors (Lipinski definition) is 2. The number of hydrogen-bond donors (Lipinski definition) is 1. The number of para-hydroxylation sites is 1. The van der Waals surface area contributed by atoms with E-state index in [-0.39, 0.29) is 11.9 Å². The lowest BCUT2D eigenvalue weighted by Crippen LogP contribution is -2.39. The molecular formula is C22H27NO2. The maximum absolute atomic E-state index is 12.7. The molecule has 3 rings (SSSR count). The zero-order chi connectivity index (χ0) is 17.8. The smallest absolute Gasteiger partial charge is 0.261 e. The van der Waals surface area contributed by atoms with Crippen molar-refractivity contribution in [3.63, 3.8) is 0 Å². The van der Waals surface area contributed by atoms with E-state index in [1.54, 1.807) is 0 Å². The highest BCUT2D eigenvalue weighted by Crippen LogP contribution is 2.25. The minimum absolute atomic E-state index is 0.0204. The molecule has 132 valence electrons. The topological polar surface area (TPSA) is 38.3 Å². The summed E-state index contributed by atoms with van der Waals surface area (Å²) in [5.74, 6) is 0.716. The normalized spacial score (nSPS) is 15.3. The molecule has 0 saturated carbocycles. The van der Waals surface area contributed by atoms with Crippen LogP contribution in [0.2, 0.25) is 0 Å². The minimum atomic E-state index is -0.474. The van der Waals surface area contributed by atoms with Crippen LogP contribution < -0.4 is 10.1 Å². The van der Waals surface area contributed by atoms with Gasteiger partial charge in [0.25, 0.3) is 5.91 Å². The first kappa shape index (κ1) is 17.5. The van der Waals surface area contributed by atoms with Crippen LogP contribution in [0.1, 0.15) is 55.0 Å². The number of rotatable bonds is 6. The quantitative estimate of drug-likeness (QED) is 0.842. The van der Waals surface area contributed by atoms with Crippen LogP contribution in [0.25, 0.3) is 0 Å². The number of benzene rings is 2. The summed E-state index contributed by atoms with van der Waals surface area (Å²) in [7, 11) is 0. The van der Waals surface area contributed by atoms with Crippen molar-refractivity contribution in [1.82, 2.24) is 5.32 Å². The van der Waals surface area contributed by atoms with Gasteiger partial charge in [-0.2, -0.15) is 0 Å². The summed E-state index contributed by atoms with van der Waals surface area (Å²) < 4.78 is 5.95. The Morgan fingerprint density at radius 3 is 2.68 bits per heavy atom. The molecule has 2 atom stereocenters. The molecular weight excluding hydrogens is 310 g/mol. The van der Waals surface area contributed by atoms with Gasteiger partial charge in [-0.25, -0.2) is 0 Å². The third kappa shape index (κ3) is 4.04. The predicted octanol–water partition coefficient (Wildman–Crippen LogP) is 4.52. The van der Waals surface area contributed by atoms with E-state index in [0.717, 1.165) is 17.7 Å². The van der Waals surface area contributed by atoms with Crippen molar-refractivity contribution in [2.24, 2.45) is 0 Å². The number of carbonyl (C=O) groups excluding carboxylic acids is 1. The van der Waals surface area contributed by atoms with Crippen LogP contribution in [-0.4, -0.2) is 12.0 Å². The molecule has 1 aliphatic rings. The average molecular weight is 337 g/mol. The number of amides is 1. The zero-order valence-electron chi connectivity index (χ0n) is 15.3. The van der Waals surface area contributed by atoms with Gasteiger partial charge in [-0.05, 0) is 67.9 Å². The summed E-state index contributed by atoms with van der Waals surface area (Å²) in [5.41, 5.74) is 5.10. The molecule has 2 aromatic rings. The summed E-state index contributed by atoms with van der Waals surface area (Å²) in [4.78, 5) is 12.7. The van der Waals surface area contributed by atoms with Crippen LogP contribution in [0.4, 0.5) is 0 Å². The van der Waals surface area contributed by atoms with Gasteiger partial charge in [-0.3, -0.25) is 4.79 Å². The zero-order valence-corrected chi connectivity index (χ0v) is 15.3. The molecule has 0 aliphatic heterocycles. The predicted molar refractivity (Wildman–Crippen MR) is 101 cm³/mol. The van der Waals surface area contributed by atoms with Gasteiger partial charge in [0.1, 0.15) is 5.75 Å². The number of nitrogens with one attached hydrogen (secondary N) is 1. The molecule has 0 fully saturated rings. The molecule has 0 bridgehead atoms. The van der Waals surface area contributed by atoms with E-state index in [4.69, 9.17) is 4.74 Å². The summed E-state index contributed by atoms with van der Waals surface area (Å²) in [6, 6.07) is 14.4. The fourth-order valence-corrected chi connectivity index (χ4v) is 3.41. The first-order valence-electron chi connectivity index (χ1n) is 9.23. The number of ether oxygens (including phenoxy) is 1. The molecule has 1 aliphatic carbocycles. The summed E-state index contributed by atoms with van der Waals surface area (Å²) in [6.07, 6.45) is 3.73. The van der Waals surface area contributed by atoms with Crippen molar-refractivity contribution in [3.05, 3.63) is 64.7 Å². The summed E-state index contributed by atoms with van der Waals surface area (Å²) in [5, 5.41) is 3.11. The highest BCUT2D eigenvalue weighted by atomic mass is 16.5. The molecule has 0 aromatic heterocycles. The van der Waals surface area contributed by atoms with Crippen LogP contribution in [0.15, 0.2) is 42.5 Å². The molecule has 0 radical (unpaired) electrons. The second-order valence-corrected chi connectivity index (χ2v) is 6.89. The fourth-order valence-electron chi connectivity index (χ4n) is 3.41. The van der Waals surface area contributed by atoms with E-state index in [0.29, 0.717) is 6.42 Å². The second-order valence-electron chi connectivity index (χ2n) is 6.89. The Balaban J connectivity index is 1.66. The molecule has 2 aromatic carbocycles. The van der Waals surface area contributed by atoms with Gasteiger partial charge in [0.05, 0.1) is 6.04 Å². The third-order valence-electron chi connectivity index (χ3n) is 5.01. The number of fused-ring (bicyclic) bond motifs is 1. The fraction of sp³-hybridized carbons (Fsp3) is 0.409. The van der Waals surface area contributed by atoms with Gasteiger partial charge in [-0.1, -0.05) is 43.3 Å². The van der Waals surface area contributed by atoms with Crippen LogP contribution in [-0.2, 0) is 17.6 Å². The molecule has 0 saturated heterocycles. The molecule has 1 N–H and O–H groups in total. The van der Waals surface area contributed by atoms with Crippen molar-refractivity contribution in [1.29, 1.82) is 0 Å². The Morgan fingerprint density at radius 2 is 1.92 bits per heavy atom. The lowest BCUT2D eigenvalue weighted by Gasteiger charge is -2.22. The minimum Gasteiger partial charge on any atom is -0.480 e. The van der Waals surface area contributed by atoms with E-state index >= 15 is 0 Å². The average Bonchev–Trinajstić information content (AvgIpc) is 3.08. The molecule has 3 heteroatoms. The van der Waals surface area contributed by atoms with Gasteiger partial charge in [0.15, 0.2) is 6.10 Å². The van der Waals surface area contributed by atoms with Crippen molar-refractivity contribution < 1.29 is 9.53 Å².